The fraction of sp³-hybridized carbons (Fsp3) is 0.556. The van der Waals surface area contributed by atoms with E-state index in [4.69, 9.17) is 0 Å². The largest absolute Gasteiger partial charge is 0.481 e. The lowest BCUT2D eigenvalue weighted by Gasteiger charge is -2.30. The van der Waals surface area contributed by atoms with Gasteiger partial charge in [0.05, 0.1) is 5.92 Å². The van der Waals surface area contributed by atoms with Crippen LogP contribution in [-0.2, 0) is 9.59 Å². The molecule has 0 bridgehead atoms. The maximum absolute atomic E-state index is 12.5. The molecule has 0 spiro atoms. The second-order valence-corrected chi connectivity index (χ2v) is 6.71. The fourth-order valence-electron chi connectivity index (χ4n) is 3.29. The summed E-state index contributed by atoms with van der Waals surface area (Å²) in [6.07, 6.45) is 4.54. The maximum atomic E-state index is 12.5. The second-order valence-electron chi connectivity index (χ2n) is 6.71. The highest BCUT2D eigenvalue weighted by Gasteiger charge is 2.38. The molecular weight excluding hydrogens is 278 g/mol. The molecule has 2 N–H and O–H groups in total. The highest BCUT2D eigenvalue weighted by molar-refractivity contribution is 5.83. The summed E-state index contributed by atoms with van der Waals surface area (Å²) in [4.78, 5) is 24.0. The SMILES string of the molecule is CC(C)(C(=O)NCC(C(=O)O)c1ccccc1)C1CCCC1. The van der Waals surface area contributed by atoms with Gasteiger partial charge in [-0.25, -0.2) is 0 Å². The molecule has 4 nitrogen and oxygen atoms in total. The normalized spacial score (nSPS) is 17.2. The van der Waals surface area contributed by atoms with Gasteiger partial charge in [0.25, 0.3) is 0 Å². The molecule has 0 radical (unpaired) electrons. The quantitative estimate of drug-likeness (QED) is 0.848. The number of carboxylic acids is 1. The Morgan fingerprint density at radius 1 is 1.23 bits per heavy atom. The average molecular weight is 303 g/mol. The number of hydrogen-bond donors (Lipinski definition) is 2. The van der Waals surface area contributed by atoms with Crippen molar-refractivity contribution in [1.29, 1.82) is 0 Å². The smallest absolute Gasteiger partial charge is 0.312 e. The number of carbonyl (C=O) groups is 2. The van der Waals surface area contributed by atoms with E-state index in [0.717, 1.165) is 12.8 Å². The first-order valence-corrected chi connectivity index (χ1v) is 7.99. The first-order valence-electron chi connectivity index (χ1n) is 7.99. The molecule has 1 fully saturated rings. The summed E-state index contributed by atoms with van der Waals surface area (Å²) in [7, 11) is 0. The third-order valence-electron chi connectivity index (χ3n) is 4.93. The molecule has 1 unspecified atom stereocenters. The second kappa shape index (κ2) is 6.95. The molecule has 1 aromatic carbocycles. The summed E-state index contributed by atoms with van der Waals surface area (Å²) in [6.45, 7) is 4.07. The van der Waals surface area contributed by atoms with Gasteiger partial charge in [0.2, 0.25) is 5.91 Å². The number of amides is 1. The lowest BCUT2D eigenvalue weighted by molar-refractivity contribution is -0.139. The lowest BCUT2D eigenvalue weighted by Crippen LogP contribution is -2.43. The lowest BCUT2D eigenvalue weighted by atomic mass is 9.77. The first kappa shape index (κ1) is 16.5. The molecule has 1 aliphatic carbocycles. The van der Waals surface area contributed by atoms with E-state index in [1.54, 1.807) is 12.1 Å². The van der Waals surface area contributed by atoms with Crippen molar-refractivity contribution < 1.29 is 14.7 Å². The van der Waals surface area contributed by atoms with Crippen molar-refractivity contribution in [2.75, 3.05) is 6.54 Å². The summed E-state index contributed by atoms with van der Waals surface area (Å²) in [5, 5.41) is 12.3. The monoisotopic (exact) mass is 303 g/mol. The zero-order chi connectivity index (χ0) is 16.2. The van der Waals surface area contributed by atoms with Crippen LogP contribution >= 0.6 is 0 Å². The zero-order valence-electron chi connectivity index (χ0n) is 13.3. The Balaban J connectivity index is 2.00. The number of hydrogen-bond acceptors (Lipinski definition) is 2. The maximum Gasteiger partial charge on any atom is 0.312 e. The van der Waals surface area contributed by atoms with Crippen molar-refractivity contribution in [3.05, 3.63) is 35.9 Å². The van der Waals surface area contributed by atoms with Crippen LogP contribution in [0, 0.1) is 11.3 Å². The van der Waals surface area contributed by atoms with Gasteiger partial charge in [0.1, 0.15) is 0 Å². The summed E-state index contributed by atoms with van der Waals surface area (Å²) in [5.74, 6) is -1.26. The van der Waals surface area contributed by atoms with E-state index in [2.05, 4.69) is 5.32 Å². The molecule has 2 rings (SSSR count). The summed E-state index contributed by atoms with van der Waals surface area (Å²) < 4.78 is 0. The van der Waals surface area contributed by atoms with Gasteiger partial charge in [-0.15, -0.1) is 0 Å². The van der Waals surface area contributed by atoms with E-state index in [1.165, 1.54) is 12.8 Å². The number of aliphatic carboxylic acids is 1. The van der Waals surface area contributed by atoms with Crippen molar-refractivity contribution in [3.63, 3.8) is 0 Å². The Morgan fingerprint density at radius 2 is 1.82 bits per heavy atom. The summed E-state index contributed by atoms with van der Waals surface area (Å²) >= 11 is 0. The van der Waals surface area contributed by atoms with Crippen LogP contribution in [0.15, 0.2) is 30.3 Å². The molecule has 4 heteroatoms. The molecule has 0 saturated heterocycles. The van der Waals surface area contributed by atoms with Gasteiger partial charge >= 0.3 is 5.97 Å². The van der Waals surface area contributed by atoms with E-state index in [1.807, 2.05) is 32.0 Å². The molecule has 120 valence electrons. The van der Waals surface area contributed by atoms with E-state index in [-0.39, 0.29) is 12.5 Å². The molecule has 1 aliphatic rings. The van der Waals surface area contributed by atoms with Gasteiger partial charge < -0.3 is 10.4 Å². The molecule has 0 aromatic heterocycles. The molecule has 1 saturated carbocycles. The van der Waals surface area contributed by atoms with Crippen LogP contribution in [0.2, 0.25) is 0 Å². The van der Waals surface area contributed by atoms with E-state index < -0.39 is 17.3 Å². The molecular formula is C18H25NO3. The Hall–Kier alpha value is -1.84. The molecule has 0 heterocycles. The first-order chi connectivity index (χ1) is 10.4. The molecule has 1 atom stereocenters. The van der Waals surface area contributed by atoms with Gasteiger partial charge in [-0.05, 0) is 24.3 Å². The van der Waals surface area contributed by atoms with E-state index >= 15 is 0 Å². The van der Waals surface area contributed by atoms with Crippen molar-refractivity contribution in [2.45, 2.75) is 45.4 Å². The van der Waals surface area contributed by atoms with Crippen LogP contribution in [0.1, 0.15) is 51.0 Å². The van der Waals surface area contributed by atoms with Crippen LogP contribution in [-0.4, -0.2) is 23.5 Å². The number of nitrogens with one attached hydrogen (secondary N) is 1. The van der Waals surface area contributed by atoms with Gasteiger partial charge in [0, 0.05) is 12.0 Å². The van der Waals surface area contributed by atoms with Crippen LogP contribution in [0.4, 0.5) is 0 Å². The Labute approximate surface area is 131 Å². The zero-order valence-corrected chi connectivity index (χ0v) is 13.3. The van der Waals surface area contributed by atoms with Gasteiger partial charge in [0.15, 0.2) is 0 Å². The predicted octanol–water partition coefficient (Wildman–Crippen LogP) is 3.19. The van der Waals surface area contributed by atoms with Crippen LogP contribution < -0.4 is 5.32 Å². The van der Waals surface area contributed by atoms with Crippen LogP contribution in [0.3, 0.4) is 0 Å². The average Bonchev–Trinajstić information content (AvgIpc) is 3.03. The third-order valence-corrected chi connectivity index (χ3v) is 4.93. The van der Waals surface area contributed by atoms with E-state index in [9.17, 15) is 14.7 Å². The fourth-order valence-corrected chi connectivity index (χ4v) is 3.29. The standard InChI is InChI=1S/C18H25NO3/c1-18(2,14-10-6-7-11-14)17(22)19-12-15(16(20)21)13-8-4-3-5-9-13/h3-5,8-9,14-15H,6-7,10-12H2,1-2H3,(H,19,22)(H,20,21). The van der Waals surface area contributed by atoms with E-state index in [0.29, 0.717) is 11.5 Å². The van der Waals surface area contributed by atoms with Crippen molar-refractivity contribution in [2.24, 2.45) is 11.3 Å². The highest BCUT2D eigenvalue weighted by Crippen LogP contribution is 2.39. The topological polar surface area (TPSA) is 66.4 Å². The predicted molar refractivity (Wildman–Crippen MR) is 85.6 cm³/mol. The van der Waals surface area contributed by atoms with Gasteiger partial charge in [-0.2, -0.15) is 0 Å². The van der Waals surface area contributed by atoms with Crippen molar-refractivity contribution in [1.82, 2.24) is 5.32 Å². The van der Waals surface area contributed by atoms with Crippen LogP contribution in [0.25, 0.3) is 0 Å². The number of carbonyl (C=O) groups excluding carboxylic acids is 1. The minimum atomic E-state index is -0.912. The number of rotatable bonds is 6. The van der Waals surface area contributed by atoms with Crippen molar-refractivity contribution in [3.8, 4) is 0 Å². The van der Waals surface area contributed by atoms with Gasteiger partial charge in [-0.1, -0.05) is 57.0 Å². The Bertz CT molecular complexity index is 518. The summed E-state index contributed by atoms with van der Waals surface area (Å²) in [6, 6.07) is 9.05. The Kier molecular flexibility index (Phi) is 5.22. The molecule has 0 aliphatic heterocycles. The minimum Gasteiger partial charge on any atom is -0.481 e. The Morgan fingerprint density at radius 3 is 2.36 bits per heavy atom. The minimum absolute atomic E-state index is 0.0402. The molecule has 22 heavy (non-hydrogen) atoms. The third kappa shape index (κ3) is 3.67. The number of benzene rings is 1. The highest BCUT2D eigenvalue weighted by atomic mass is 16.4. The number of carboxylic acid groups (broad SMARTS) is 1. The molecule has 1 amide bonds. The van der Waals surface area contributed by atoms with Gasteiger partial charge in [-0.3, -0.25) is 9.59 Å². The summed E-state index contributed by atoms with van der Waals surface area (Å²) in [5.41, 5.74) is 0.282. The van der Waals surface area contributed by atoms with Crippen molar-refractivity contribution >= 4 is 11.9 Å². The molecule has 1 aromatic rings. The van der Waals surface area contributed by atoms with Crippen LogP contribution in [0.5, 0.6) is 0 Å².